The van der Waals surface area contributed by atoms with E-state index in [-0.39, 0.29) is 24.8 Å². The standard InChI is InChI=1S/C21H25N3O4/c1-2-11-28-20(26)13-18-21(27)22-9-10-24(18)19(25)14-23-17-8-7-15-5-3-4-6-16(15)12-17/h3-8,12,18,23H,2,9-11,13-14H2,1H3,(H,22,27). The molecular formula is C21H25N3O4. The molecule has 3 rings (SSSR count). The molecule has 2 amide bonds. The summed E-state index contributed by atoms with van der Waals surface area (Å²) in [4.78, 5) is 38.3. The molecule has 1 unspecified atom stereocenters. The van der Waals surface area contributed by atoms with E-state index in [1.807, 2.05) is 49.4 Å². The number of nitrogens with zero attached hydrogens (tertiary/aromatic N) is 1. The van der Waals surface area contributed by atoms with E-state index in [2.05, 4.69) is 10.6 Å². The molecule has 148 valence electrons. The van der Waals surface area contributed by atoms with Crippen molar-refractivity contribution in [2.75, 3.05) is 31.6 Å². The largest absolute Gasteiger partial charge is 0.466 e. The number of carbonyl (C=O) groups is 3. The van der Waals surface area contributed by atoms with Crippen molar-refractivity contribution in [3.8, 4) is 0 Å². The number of hydrogen-bond donors (Lipinski definition) is 2. The fourth-order valence-corrected chi connectivity index (χ4v) is 3.23. The highest BCUT2D eigenvalue weighted by Gasteiger charge is 2.34. The Morgan fingerprint density at radius 2 is 2.00 bits per heavy atom. The predicted octanol–water partition coefficient (Wildman–Crippen LogP) is 1.92. The predicted molar refractivity (Wildman–Crippen MR) is 107 cm³/mol. The van der Waals surface area contributed by atoms with E-state index in [0.717, 1.165) is 16.5 Å². The number of rotatable bonds is 7. The number of esters is 1. The van der Waals surface area contributed by atoms with Crippen molar-refractivity contribution in [1.29, 1.82) is 0 Å². The minimum Gasteiger partial charge on any atom is -0.466 e. The minimum atomic E-state index is -0.830. The second-order valence-corrected chi connectivity index (χ2v) is 6.73. The molecule has 0 bridgehead atoms. The zero-order valence-electron chi connectivity index (χ0n) is 15.9. The van der Waals surface area contributed by atoms with Gasteiger partial charge >= 0.3 is 5.97 Å². The van der Waals surface area contributed by atoms with Crippen LogP contribution in [0.1, 0.15) is 19.8 Å². The van der Waals surface area contributed by atoms with Gasteiger partial charge in [0.05, 0.1) is 19.6 Å². The summed E-state index contributed by atoms with van der Waals surface area (Å²) in [5.41, 5.74) is 0.826. The Morgan fingerprint density at radius 3 is 2.79 bits per heavy atom. The van der Waals surface area contributed by atoms with Crippen LogP contribution in [0.5, 0.6) is 0 Å². The van der Waals surface area contributed by atoms with Crippen molar-refractivity contribution < 1.29 is 19.1 Å². The highest BCUT2D eigenvalue weighted by molar-refractivity contribution is 5.93. The Morgan fingerprint density at radius 1 is 1.21 bits per heavy atom. The number of amides is 2. The molecule has 7 heteroatoms. The van der Waals surface area contributed by atoms with E-state index >= 15 is 0 Å². The van der Waals surface area contributed by atoms with Crippen LogP contribution in [0.25, 0.3) is 10.8 Å². The van der Waals surface area contributed by atoms with Gasteiger partial charge in [0.15, 0.2) is 0 Å². The van der Waals surface area contributed by atoms with Gasteiger partial charge in [-0.3, -0.25) is 14.4 Å². The van der Waals surface area contributed by atoms with Crippen LogP contribution in [-0.4, -0.2) is 55.0 Å². The molecule has 0 spiro atoms. The highest BCUT2D eigenvalue weighted by atomic mass is 16.5. The van der Waals surface area contributed by atoms with Crippen molar-refractivity contribution in [3.05, 3.63) is 42.5 Å². The van der Waals surface area contributed by atoms with Gasteiger partial charge in [0.2, 0.25) is 11.8 Å². The topological polar surface area (TPSA) is 87.7 Å². The number of carbonyl (C=O) groups excluding carboxylic acids is 3. The van der Waals surface area contributed by atoms with Gasteiger partial charge in [0.25, 0.3) is 0 Å². The number of ether oxygens (including phenoxy) is 1. The second-order valence-electron chi connectivity index (χ2n) is 6.73. The molecule has 1 heterocycles. The molecule has 0 aliphatic carbocycles. The molecule has 1 atom stereocenters. The van der Waals surface area contributed by atoms with Gasteiger partial charge in [-0.1, -0.05) is 37.3 Å². The maximum atomic E-state index is 12.7. The van der Waals surface area contributed by atoms with E-state index in [0.29, 0.717) is 26.1 Å². The number of piperazine rings is 1. The normalized spacial score (nSPS) is 16.5. The summed E-state index contributed by atoms with van der Waals surface area (Å²) in [6, 6.07) is 13.0. The summed E-state index contributed by atoms with van der Waals surface area (Å²) < 4.78 is 5.07. The van der Waals surface area contributed by atoms with Crippen LogP contribution in [0, 0.1) is 0 Å². The first-order valence-electron chi connectivity index (χ1n) is 9.54. The number of nitrogens with one attached hydrogen (secondary N) is 2. The SMILES string of the molecule is CCCOC(=O)CC1C(=O)NCCN1C(=O)CNc1ccc2ccccc2c1. The monoisotopic (exact) mass is 383 g/mol. The van der Waals surface area contributed by atoms with Crippen molar-refractivity contribution in [3.63, 3.8) is 0 Å². The first-order valence-corrected chi connectivity index (χ1v) is 9.54. The summed E-state index contributed by atoms with van der Waals surface area (Å²) in [7, 11) is 0. The summed E-state index contributed by atoms with van der Waals surface area (Å²) in [5.74, 6) is -1.01. The molecule has 0 saturated carbocycles. The fraction of sp³-hybridized carbons (Fsp3) is 0.381. The Bertz CT molecular complexity index is 868. The quantitative estimate of drug-likeness (QED) is 0.714. The molecule has 28 heavy (non-hydrogen) atoms. The third-order valence-corrected chi connectivity index (χ3v) is 4.67. The number of hydrogen-bond acceptors (Lipinski definition) is 5. The first-order chi connectivity index (χ1) is 13.6. The van der Waals surface area contributed by atoms with Crippen molar-refractivity contribution in [1.82, 2.24) is 10.2 Å². The van der Waals surface area contributed by atoms with Gasteiger partial charge in [-0.2, -0.15) is 0 Å². The lowest BCUT2D eigenvalue weighted by molar-refractivity contribution is -0.151. The third-order valence-electron chi connectivity index (χ3n) is 4.67. The number of anilines is 1. The van der Waals surface area contributed by atoms with Gasteiger partial charge in [0.1, 0.15) is 6.04 Å². The van der Waals surface area contributed by atoms with Crippen LogP contribution in [0.3, 0.4) is 0 Å². The Hall–Kier alpha value is -3.09. The molecule has 0 radical (unpaired) electrons. The lowest BCUT2D eigenvalue weighted by Crippen LogP contribution is -2.58. The highest BCUT2D eigenvalue weighted by Crippen LogP contribution is 2.19. The maximum Gasteiger partial charge on any atom is 0.308 e. The Kier molecular flexibility index (Phi) is 6.47. The lowest BCUT2D eigenvalue weighted by atomic mass is 10.1. The van der Waals surface area contributed by atoms with Gasteiger partial charge < -0.3 is 20.3 Å². The molecule has 1 aliphatic rings. The molecule has 0 aromatic heterocycles. The van der Waals surface area contributed by atoms with E-state index < -0.39 is 12.0 Å². The van der Waals surface area contributed by atoms with Gasteiger partial charge in [-0.15, -0.1) is 0 Å². The smallest absolute Gasteiger partial charge is 0.308 e. The molecule has 2 aromatic carbocycles. The van der Waals surface area contributed by atoms with E-state index in [9.17, 15) is 14.4 Å². The van der Waals surface area contributed by atoms with Gasteiger partial charge in [0, 0.05) is 18.8 Å². The zero-order valence-corrected chi connectivity index (χ0v) is 15.9. The summed E-state index contributed by atoms with van der Waals surface area (Å²) in [6.07, 6.45) is 0.578. The van der Waals surface area contributed by atoms with E-state index in [1.165, 1.54) is 4.90 Å². The van der Waals surface area contributed by atoms with Crippen LogP contribution >= 0.6 is 0 Å². The van der Waals surface area contributed by atoms with Crippen LogP contribution in [-0.2, 0) is 19.1 Å². The minimum absolute atomic E-state index is 0.0477. The molecule has 1 aliphatic heterocycles. The molecule has 7 nitrogen and oxygen atoms in total. The van der Waals surface area contributed by atoms with Crippen molar-refractivity contribution in [2.24, 2.45) is 0 Å². The summed E-state index contributed by atoms with van der Waals surface area (Å²) >= 11 is 0. The van der Waals surface area contributed by atoms with Crippen LogP contribution < -0.4 is 10.6 Å². The van der Waals surface area contributed by atoms with Gasteiger partial charge in [-0.05, 0) is 29.3 Å². The van der Waals surface area contributed by atoms with E-state index in [1.54, 1.807) is 0 Å². The number of fused-ring (bicyclic) bond motifs is 1. The summed E-state index contributed by atoms with van der Waals surface area (Å²) in [6.45, 7) is 3.00. The van der Waals surface area contributed by atoms with Crippen LogP contribution in [0.4, 0.5) is 5.69 Å². The number of benzene rings is 2. The zero-order chi connectivity index (χ0) is 19.9. The van der Waals surface area contributed by atoms with Gasteiger partial charge in [-0.25, -0.2) is 0 Å². The third kappa shape index (κ3) is 4.79. The molecular weight excluding hydrogens is 358 g/mol. The van der Waals surface area contributed by atoms with Crippen molar-refractivity contribution >= 4 is 34.2 Å². The average molecular weight is 383 g/mol. The fourth-order valence-electron chi connectivity index (χ4n) is 3.23. The van der Waals surface area contributed by atoms with Crippen molar-refractivity contribution in [2.45, 2.75) is 25.8 Å². The molecule has 2 aromatic rings. The van der Waals surface area contributed by atoms with Crippen LogP contribution in [0.2, 0.25) is 0 Å². The molecule has 1 saturated heterocycles. The van der Waals surface area contributed by atoms with E-state index in [4.69, 9.17) is 4.74 Å². The Labute approximate surface area is 164 Å². The lowest BCUT2D eigenvalue weighted by Gasteiger charge is -2.34. The molecule has 2 N–H and O–H groups in total. The Balaban J connectivity index is 1.63. The maximum absolute atomic E-state index is 12.7. The molecule has 1 fully saturated rings. The second kappa shape index (κ2) is 9.21. The first kappa shape index (κ1) is 19.7. The summed E-state index contributed by atoms with van der Waals surface area (Å²) in [5, 5.41) is 8.03. The average Bonchev–Trinajstić information content (AvgIpc) is 2.71. The van der Waals surface area contributed by atoms with Crippen LogP contribution in [0.15, 0.2) is 42.5 Å².